The van der Waals surface area contributed by atoms with Gasteiger partial charge in [0.05, 0.1) is 6.54 Å². The summed E-state index contributed by atoms with van der Waals surface area (Å²) in [4.78, 5) is 4.78. The first-order valence-corrected chi connectivity index (χ1v) is 7.66. The predicted molar refractivity (Wildman–Crippen MR) is 77.7 cm³/mol. The number of hydrogen-bond donors (Lipinski definition) is 1. The van der Waals surface area contributed by atoms with E-state index in [0.29, 0.717) is 30.5 Å². The highest BCUT2D eigenvalue weighted by molar-refractivity contribution is 5.26. The Kier molecular flexibility index (Phi) is 3.94. The van der Waals surface area contributed by atoms with Gasteiger partial charge in [-0.15, -0.1) is 5.10 Å². The van der Waals surface area contributed by atoms with Crippen LogP contribution in [0.3, 0.4) is 0 Å². The molecule has 0 aromatic carbocycles. The molecule has 1 N–H and O–H groups in total. The average Bonchev–Trinajstić information content (AvgIpc) is 2.94. The monoisotopic (exact) mass is 279 g/mol. The van der Waals surface area contributed by atoms with Crippen LogP contribution in [-0.2, 0) is 6.54 Å². The topological polar surface area (TPSA) is 57.4 Å². The molecule has 2 saturated heterocycles. The Hall–Kier alpha value is -1.14. The lowest BCUT2D eigenvalue weighted by molar-refractivity contribution is 0.254. The molecule has 2 bridgehead atoms. The summed E-state index contributed by atoms with van der Waals surface area (Å²) in [6.45, 7) is 6.89. The van der Waals surface area contributed by atoms with Gasteiger partial charge in [0.25, 0.3) is 0 Å². The van der Waals surface area contributed by atoms with Gasteiger partial charge in [0, 0.05) is 31.2 Å². The van der Waals surface area contributed by atoms with Crippen molar-refractivity contribution in [1.29, 1.82) is 0 Å². The van der Waals surface area contributed by atoms with E-state index >= 15 is 0 Å². The van der Waals surface area contributed by atoms with Crippen LogP contribution in [0.1, 0.15) is 39.0 Å². The minimum absolute atomic E-state index is 0.424. The Morgan fingerprint density at radius 3 is 2.85 bits per heavy atom. The first-order chi connectivity index (χ1) is 9.63. The van der Waals surface area contributed by atoms with Crippen molar-refractivity contribution in [3.63, 3.8) is 0 Å². The lowest BCUT2D eigenvalue weighted by atomic mass is 10.1. The van der Waals surface area contributed by atoms with Crippen molar-refractivity contribution in [1.82, 2.24) is 20.4 Å². The summed E-state index contributed by atoms with van der Waals surface area (Å²) >= 11 is 0. The molecule has 2 unspecified atom stereocenters. The van der Waals surface area contributed by atoms with Gasteiger partial charge >= 0.3 is 6.01 Å². The second kappa shape index (κ2) is 5.69. The zero-order chi connectivity index (χ0) is 14.1. The molecule has 6 heteroatoms. The molecule has 112 valence electrons. The van der Waals surface area contributed by atoms with Crippen molar-refractivity contribution >= 4 is 6.01 Å². The summed E-state index contributed by atoms with van der Waals surface area (Å²) in [5, 5.41) is 11.7. The number of nitrogens with zero attached hydrogens (tertiary/aromatic N) is 4. The Balaban J connectivity index is 1.64. The molecule has 3 heterocycles. The smallest absolute Gasteiger partial charge is 0.318 e. The van der Waals surface area contributed by atoms with Crippen LogP contribution in [-0.4, -0.2) is 53.4 Å². The lowest BCUT2D eigenvalue weighted by Crippen LogP contribution is -2.36. The van der Waals surface area contributed by atoms with Gasteiger partial charge in [-0.1, -0.05) is 18.9 Å². The standard InChI is InChI=1S/C14H25N5O/c1-10(2)15-8-13-16-17-14(20-13)19-7-6-11-4-5-12(9-19)18(11)3/h10-12,15H,4-9H2,1-3H3. The van der Waals surface area contributed by atoms with Crippen LogP contribution in [0.25, 0.3) is 0 Å². The van der Waals surface area contributed by atoms with E-state index in [2.05, 4.69) is 46.2 Å². The SMILES string of the molecule is CC(C)NCc1nnc(N2CCC3CCC(C2)N3C)o1. The Bertz CT molecular complexity index is 447. The van der Waals surface area contributed by atoms with Gasteiger partial charge in [0.15, 0.2) is 0 Å². The molecule has 2 aliphatic rings. The predicted octanol–water partition coefficient (Wildman–Crippen LogP) is 1.24. The van der Waals surface area contributed by atoms with Crippen LogP contribution >= 0.6 is 0 Å². The molecule has 1 aromatic rings. The van der Waals surface area contributed by atoms with Gasteiger partial charge in [-0.2, -0.15) is 0 Å². The van der Waals surface area contributed by atoms with E-state index < -0.39 is 0 Å². The number of hydrogen-bond acceptors (Lipinski definition) is 6. The van der Waals surface area contributed by atoms with E-state index in [9.17, 15) is 0 Å². The Morgan fingerprint density at radius 2 is 2.05 bits per heavy atom. The maximum absolute atomic E-state index is 5.79. The number of likely N-dealkylation sites (N-methyl/N-ethyl adjacent to an activating group) is 1. The van der Waals surface area contributed by atoms with Gasteiger partial charge in [-0.05, 0) is 26.3 Å². The average molecular weight is 279 g/mol. The molecular weight excluding hydrogens is 254 g/mol. The highest BCUT2D eigenvalue weighted by Crippen LogP contribution is 2.30. The first kappa shape index (κ1) is 13.8. The first-order valence-electron chi connectivity index (χ1n) is 7.66. The van der Waals surface area contributed by atoms with Crippen molar-refractivity contribution < 1.29 is 4.42 Å². The Morgan fingerprint density at radius 1 is 1.25 bits per heavy atom. The van der Waals surface area contributed by atoms with E-state index in [-0.39, 0.29) is 0 Å². The molecule has 2 aliphatic heterocycles. The number of aromatic nitrogens is 2. The lowest BCUT2D eigenvalue weighted by Gasteiger charge is -2.24. The minimum Gasteiger partial charge on any atom is -0.407 e. The summed E-state index contributed by atoms with van der Waals surface area (Å²) < 4.78 is 5.79. The second-order valence-electron chi connectivity index (χ2n) is 6.30. The van der Waals surface area contributed by atoms with Crippen LogP contribution in [0.15, 0.2) is 4.42 Å². The normalized spacial score (nSPS) is 27.3. The van der Waals surface area contributed by atoms with Crippen LogP contribution in [0.4, 0.5) is 6.01 Å². The maximum atomic E-state index is 5.79. The molecule has 20 heavy (non-hydrogen) atoms. The molecule has 2 atom stereocenters. The van der Waals surface area contributed by atoms with Gasteiger partial charge in [0.1, 0.15) is 0 Å². The van der Waals surface area contributed by atoms with E-state index in [1.54, 1.807) is 0 Å². The summed E-state index contributed by atoms with van der Waals surface area (Å²) in [5.74, 6) is 0.677. The summed E-state index contributed by atoms with van der Waals surface area (Å²) in [5.41, 5.74) is 0. The highest BCUT2D eigenvalue weighted by Gasteiger charge is 2.35. The largest absolute Gasteiger partial charge is 0.407 e. The van der Waals surface area contributed by atoms with Crippen LogP contribution in [0, 0.1) is 0 Å². The van der Waals surface area contributed by atoms with Crippen molar-refractivity contribution in [3.8, 4) is 0 Å². The molecule has 2 fully saturated rings. The molecular formula is C14H25N5O. The molecule has 0 radical (unpaired) electrons. The van der Waals surface area contributed by atoms with Crippen molar-refractivity contribution in [2.24, 2.45) is 0 Å². The van der Waals surface area contributed by atoms with Gasteiger partial charge in [-0.3, -0.25) is 4.90 Å². The van der Waals surface area contributed by atoms with E-state index in [4.69, 9.17) is 4.42 Å². The van der Waals surface area contributed by atoms with Crippen LogP contribution in [0.5, 0.6) is 0 Å². The van der Waals surface area contributed by atoms with E-state index in [0.717, 1.165) is 19.1 Å². The summed E-state index contributed by atoms with van der Waals surface area (Å²) in [7, 11) is 2.25. The fraction of sp³-hybridized carbons (Fsp3) is 0.857. The second-order valence-corrected chi connectivity index (χ2v) is 6.30. The zero-order valence-electron chi connectivity index (χ0n) is 12.7. The Labute approximate surface area is 120 Å². The number of rotatable bonds is 4. The molecule has 0 aliphatic carbocycles. The third kappa shape index (κ3) is 2.81. The van der Waals surface area contributed by atoms with E-state index in [1.807, 2.05) is 0 Å². The number of anilines is 1. The quantitative estimate of drug-likeness (QED) is 0.895. The van der Waals surface area contributed by atoms with Crippen molar-refractivity contribution in [2.75, 3.05) is 25.0 Å². The third-order valence-electron chi connectivity index (χ3n) is 4.54. The van der Waals surface area contributed by atoms with Crippen molar-refractivity contribution in [3.05, 3.63) is 5.89 Å². The highest BCUT2D eigenvalue weighted by atomic mass is 16.4. The van der Waals surface area contributed by atoms with Gasteiger partial charge in [-0.25, -0.2) is 0 Å². The summed E-state index contributed by atoms with van der Waals surface area (Å²) in [6, 6.07) is 2.47. The number of fused-ring (bicyclic) bond motifs is 2. The fourth-order valence-electron chi connectivity index (χ4n) is 3.22. The van der Waals surface area contributed by atoms with Crippen LogP contribution in [0.2, 0.25) is 0 Å². The van der Waals surface area contributed by atoms with Crippen molar-refractivity contribution in [2.45, 2.75) is 57.8 Å². The van der Waals surface area contributed by atoms with Crippen LogP contribution < -0.4 is 10.2 Å². The fourth-order valence-corrected chi connectivity index (χ4v) is 3.22. The maximum Gasteiger partial charge on any atom is 0.318 e. The molecule has 1 aromatic heterocycles. The van der Waals surface area contributed by atoms with Gasteiger partial charge in [0.2, 0.25) is 5.89 Å². The minimum atomic E-state index is 0.424. The van der Waals surface area contributed by atoms with E-state index in [1.165, 1.54) is 19.3 Å². The molecule has 0 amide bonds. The summed E-state index contributed by atoms with van der Waals surface area (Å²) in [6.07, 6.45) is 3.81. The molecule has 6 nitrogen and oxygen atoms in total. The molecule has 3 rings (SSSR count). The zero-order valence-corrected chi connectivity index (χ0v) is 12.7. The number of nitrogens with one attached hydrogen (secondary N) is 1. The third-order valence-corrected chi connectivity index (χ3v) is 4.54. The molecule has 0 saturated carbocycles. The van der Waals surface area contributed by atoms with Gasteiger partial charge < -0.3 is 14.6 Å². The molecule has 0 spiro atoms.